The fourth-order valence-corrected chi connectivity index (χ4v) is 1.61. The van der Waals surface area contributed by atoms with Crippen LogP contribution in [0.1, 0.15) is 5.56 Å². The standard InChI is InChI=1S/C15H20O7/c16-8-11(17)14(20)15(21)12(18)9-22-13(19)7-6-10-4-2-1-3-5-10/h1-7,11-12,14-18,20-21H,8-9H2/t11-,12+,14+,15+/m0/s1. The smallest absolute Gasteiger partial charge is 0.330 e. The van der Waals surface area contributed by atoms with Gasteiger partial charge in [0.25, 0.3) is 0 Å². The Hall–Kier alpha value is -1.77. The second-order valence-electron chi connectivity index (χ2n) is 4.67. The van der Waals surface area contributed by atoms with E-state index in [9.17, 15) is 20.1 Å². The van der Waals surface area contributed by atoms with Crippen LogP contribution in [0.3, 0.4) is 0 Å². The highest BCUT2D eigenvalue weighted by atomic mass is 16.5. The number of carbonyl (C=O) groups is 1. The van der Waals surface area contributed by atoms with Crippen molar-refractivity contribution in [3.8, 4) is 0 Å². The average molecular weight is 312 g/mol. The van der Waals surface area contributed by atoms with E-state index in [4.69, 9.17) is 14.9 Å². The average Bonchev–Trinajstić information content (AvgIpc) is 2.56. The summed E-state index contributed by atoms with van der Waals surface area (Å²) in [6.07, 6.45) is -4.02. The summed E-state index contributed by atoms with van der Waals surface area (Å²) in [5.74, 6) is -0.729. The first-order valence-electron chi connectivity index (χ1n) is 6.68. The number of ether oxygens (including phenoxy) is 1. The molecule has 22 heavy (non-hydrogen) atoms. The van der Waals surface area contributed by atoms with E-state index in [0.717, 1.165) is 11.6 Å². The number of aliphatic hydroxyl groups is 5. The molecule has 0 amide bonds. The molecule has 7 heteroatoms. The van der Waals surface area contributed by atoms with E-state index in [-0.39, 0.29) is 0 Å². The number of esters is 1. The minimum atomic E-state index is -1.76. The van der Waals surface area contributed by atoms with Crippen LogP contribution in [0.4, 0.5) is 0 Å². The third-order valence-corrected chi connectivity index (χ3v) is 2.93. The molecule has 5 N–H and O–H groups in total. The molecule has 0 radical (unpaired) electrons. The lowest BCUT2D eigenvalue weighted by Gasteiger charge is -2.25. The topological polar surface area (TPSA) is 127 Å². The number of hydrogen-bond donors (Lipinski definition) is 5. The molecular weight excluding hydrogens is 292 g/mol. The highest BCUT2D eigenvalue weighted by molar-refractivity contribution is 5.87. The van der Waals surface area contributed by atoms with E-state index >= 15 is 0 Å². The largest absolute Gasteiger partial charge is 0.460 e. The Morgan fingerprint density at radius 1 is 1.05 bits per heavy atom. The van der Waals surface area contributed by atoms with Crippen molar-refractivity contribution < 1.29 is 35.1 Å². The summed E-state index contributed by atoms with van der Waals surface area (Å²) in [7, 11) is 0. The van der Waals surface area contributed by atoms with Gasteiger partial charge in [0.05, 0.1) is 6.61 Å². The monoisotopic (exact) mass is 312 g/mol. The Morgan fingerprint density at radius 2 is 1.64 bits per heavy atom. The first kappa shape index (κ1) is 18.3. The van der Waals surface area contributed by atoms with Crippen LogP contribution in [-0.2, 0) is 9.53 Å². The Morgan fingerprint density at radius 3 is 2.23 bits per heavy atom. The van der Waals surface area contributed by atoms with E-state index in [2.05, 4.69) is 0 Å². The highest BCUT2D eigenvalue weighted by Crippen LogP contribution is 2.06. The molecule has 0 aliphatic carbocycles. The first-order chi connectivity index (χ1) is 10.5. The maximum absolute atomic E-state index is 11.4. The van der Waals surface area contributed by atoms with Crippen molar-refractivity contribution in [2.24, 2.45) is 0 Å². The molecule has 7 nitrogen and oxygen atoms in total. The van der Waals surface area contributed by atoms with E-state index in [1.165, 1.54) is 6.08 Å². The van der Waals surface area contributed by atoms with Crippen molar-refractivity contribution in [1.82, 2.24) is 0 Å². The van der Waals surface area contributed by atoms with Gasteiger partial charge < -0.3 is 30.3 Å². The van der Waals surface area contributed by atoms with Gasteiger partial charge in [-0.2, -0.15) is 0 Å². The Bertz CT molecular complexity index is 474. The van der Waals surface area contributed by atoms with Gasteiger partial charge in [-0.3, -0.25) is 0 Å². The summed E-state index contributed by atoms with van der Waals surface area (Å²) in [5.41, 5.74) is 0.793. The van der Waals surface area contributed by atoms with E-state index in [1.807, 2.05) is 6.07 Å². The molecule has 0 aliphatic rings. The normalized spacial score (nSPS) is 17.0. The Labute approximate surface area is 127 Å². The quantitative estimate of drug-likeness (QED) is 0.297. The third kappa shape index (κ3) is 5.92. The van der Waals surface area contributed by atoms with Gasteiger partial charge in [-0.15, -0.1) is 0 Å². The van der Waals surface area contributed by atoms with Crippen molar-refractivity contribution >= 4 is 12.0 Å². The van der Waals surface area contributed by atoms with Crippen LogP contribution in [0.5, 0.6) is 0 Å². The van der Waals surface area contributed by atoms with Crippen molar-refractivity contribution in [2.45, 2.75) is 24.4 Å². The maximum atomic E-state index is 11.4. The molecule has 0 aliphatic heterocycles. The molecule has 122 valence electrons. The number of benzene rings is 1. The summed E-state index contributed by atoms with van der Waals surface area (Å²) < 4.78 is 4.72. The predicted molar refractivity (Wildman–Crippen MR) is 77.5 cm³/mol. The molecular formula is C15H20O7. The number of carbonyl (C=O) groups excluding carboxylic acids is 1. The van der Waals surface area contributed by atoms with Crippen LogP contribution in [0.2, 0.25) is 0 Å². The first-order valence-corrected chi connectivity index (χ1v) is 6.68. The van der Waals surface area contributed by atoms with E-state index in [1.54, 1.807) is 24.3 Å². The molecule has 1 aromatic carbocycles. The maximum Gasteiger partial charge on any atom is 0.330 e. The fraction of sp³-hybridized carbons (Fsp3) is 0.400. The summed E-state index contributed by atoms with van der Waals surface area (Å²) in [5, 5.41) is 46.3. The lowest BCUT2D eigenvalue weighted by Crippen LogP contribution is -2.47. The van der Waals surface area contributed by atoms with Crippen molar-refractivity contribution in [2.75, 3.05) is 13.2 Å². The van der Waals surface area contributed by atoms with Crippen molar-refractivity contribution in [3.63, 3.8) is 0 Å². The van der Waals surface area contributed by atoms with Gasteiger partial charge in [0.15, 0.2) is 0 Å². The molecule has 1 aromatic rings. The second kappa shape index (κ2) is 9.29. The molecule has 0 unspecified atom stereocenters. The van der Waals surface area contributed by atoms with Crippen LogP contribution >= 0.6 is 0 Å². The summed E-state index contributed by atoms with van der Waals surface area (Å²) in [6, 6.07) is 9.02. The molecule has 4 atom stereocenters. The molecule has 0 saturated heterocycles. The van der Waals surface area contributed by atoms with E-state index in [0.29, 0.717) is 0 Å². The fourth-order valence-electron chi connectivity index (χ4n) is 1.61. The van der Waals surface area contributed by atoms with Gasteiger partial charge in [0, 0.05) is 6.08 Å². The van der Waals surface area contributed by atoms with Gasteiger partial charge >= 0.3 is 5.97 Å². The second-order valence-corrected chi connectivity index (χ2v) is 4.67. The minimum Gasteiger partial charge on any atom is -0.460 e. The molecule has 0 aromatic heterocycles. The van der Waals surface area contributed by atoms with Crippen LogP contribution in [0.25, 0.3) is 6.08 Å². The van der Waals surface area contributed by atoms with Gasteiger partial charge in [-0.25, -0.2) is 4.79 Å². The Balaban J connectivity index is 2.41. The molecule has 0 saturated carbocycles. The SMILES string of the molecule is O=C(C=Cc1ccccc1)OC[C@@H](O)[C@@H](O)[C@H](O)[C@@H](O)CO. The van der Waals surface area contributed by atoms with E-state index < -0.39 is 43.6 Å². The van der Waals surface area contributed by atoms with Crippen LogP contribution < -0.4 is 0 Å². The predicted octanol–water partition coefficient (Wildman–Crippen LogP) is -1.32. The zero-order valence-corrected chi connectivity index (χ0v) is 11.8. The van der Waals surface area contributed by atoms with Crippen LogP contribution in [0.15, 0.2) is 36.4 Å². The zero-order chi connectivity index (χ0) is 16.5. The molecule has 0 fully saturated rings. The van der Waals surface area contributed by atoms with Crippen molar-refractivity contribution in [1.29, 1.82) is 0 Å². The minimum absolute atomic E-state index is 0.561. The lowest BCUT2D eigenvalue weighted by atomic mass is 10.0. The summed E-state index contributed by atoms with van der Waals surface area (Å²) >= 11 is 0. The summed E-state index contributed by atoms with van der Waals surface area (Å²) in [6.45, 7) is -1.33. The van der Waals surface area contributed by atoms with Crippen LogP contribution in [-0.4, -0.2) is 69.1 Å². The van der Waals surface area contributed by atoms with Gasteiger partial charge in [-0.05, 0) is 11.6 Å². The molecule has 0 heterocycles. The highest BCUT2D eigenvalue weighted by Gasteiger charge is 2.30. The van der Waals surface area contributed by atoms with Crippen LogP contribution in [0, 0.1) is 0 Å². The molecule has 0 spiro atoms. The lowest BCUT2D eigenvalue weighted by molar-refractivity contribution is -0.151. The number of rotatable bonds is 8. The third-order valence-electron chi connectivity index (χ3n) is 2.93. The number of hydrogen-bond acceptors (Lipinski definition) is 7. The van der Waals surface area contributed by atoms with Crippen molar-refractivity contribution in [3.05, 3.63) is 42.0 Å². The number of aliphatic hydroxyl groups excluding tert-OH is 5. The molecule has 0 bridgehead atoms. The zero-order valence-electron chi connectivity index (χ0n) is 11.8. The Kier molecular flexibility index (Phi) is 7.72. The van der Waals surface area contributed by atoms with Gasteiger partial charge in [-0.1, -0.05) is 30.3 Å². The van der Waals surface area contributed by atoms with Gasteiger partial charge in [0.2, 0.25) is 0 Å². The van der Waals surface area contributed by atoms with Gasteiger partial charge in [0.1, 0.15) is 31.0 Å². The summed E-state index contributed by atoms with van der Waals surface area (Å²) in [4.78, 5) is 11.4. The molecule has 1 rings (SSSR count).